The van der Waals surface area contributed by atoms with E-state index >= 15 is 0 Å². The van der Waals surface area contributed by atoms with Crippen LogP contribution in [0.3, 0.4) is 0 Å². The second-order valence-electron chi connectivity index (χ2n) is 5.19. The summed E-state index contributed by atoms with van der Waals surface area (Å²) in [5.41, 5.74) is 0. The molecule has 0 spiro atoms. The van der Waals surface area contributed by atoms with Crippen LogP contribution in [0.1, 0.15) is 39.5 Å². The summed E-state index contributed by atoms with van der Waals surface area (Å²) in [5, 5.41) is 10.7. The van der Waals surface area contributed by atoms with Crippen LogP contribution in [0.5, 0.6) is 0 Å². The van der Waals surface area contributed by atoms with Crippen molar-refractivity contribution in [2.24, 2.45) is 16.8 Å². The number of carbonyl (C=O) groups is 1. The number of aliphatic imine (C=N–C) groups is 1. The van der Waals surface area contributed by atoms with Crippen LogP contribution < -0.4 is 0 Å². The largest absolute Gasteiger partial charge is 0.481 e. The molecule has 0 saturated heterocycles. The molecule has 0 bridgehead atoms. The van der Waals surface area contributed by atoms with Gasteiger partial charge in [-0.2, -0.15) is 0 Å². The van der Waals surface area contributed by atoms with E-state index in [0.717, 1.165) is 25.7 Å². The van der Waals surface area contributed by atoms with Gasteiger partial charge in [0.25, 0.3) is 0 Å². The highest BCUT2D eigenvalue weighted by atomic mass is 32.2. The Morgan fingerprint density at radius 3 is 2.94 bits per heavy atom. The average Bonchev–Trinajstić information content (AvgIpc) is 2.56. The molecule has 1 N–H and O–H groups in total. The second kappa shape index (κ2) is 4.78. The standard InChI is InChI=1S/C12H19NO2S/c1-7(2)5-11-13-9-4-3-8(12(14)15)6-10(9)16-11/h7-10H,3-6H2,1-2H3,(H,14,15). The highest BCUT2D eigenvalue weighted by Crippen LogP contribution is 2.40. The third kappa shape index (κ3) is 2.59. The van der Waals surface area contributed by atoms with Gasteiger partial charge in [0.05, 0.1) is 17.0 Å². The first-order chi connectivity index (χ1) is 7.56. The molecule has 0 aromatic rings. The molecule has 0 amide bonds. The van der Waals surface area contributed by atoms with Crippen molar-refractivity contribution >= 4 is 22.8 Å². The molecule has 3 unspecified atom stereocenters. The predicted molar refractivity (Wildman–Crippen MR) is 67.0 cm³/mol. The Balaban J connectivity index is 1.94. The number of thioether (sulfide) groups is 1. The van der Waals surface area contributed by atoms with Gasteiger partial charge in [-0.05, 0) is 31.6 Å². The minimum atomic E-state index is -0.628. The maximum atomic E-state index is 11.0. The summed E-state index contributed by atoms with van der Waals surface area (Å²) in [7, 11) is 0. The number of carboxylic acid groups (broad SMARTS) is 1. The van der Waals surface area contributed by atoms with Crippen molar-refractivity contribution in [2.45, 2.75) is 50.8 Å². The van der Waals surface area contributed by atoms with E-state index in [1.54, 1.807) is 0 Å². The molecule has 0 radical (unpaired) electrons. The monoisotopic (exact) mass is 241 g/mol. The molecule has 1 fully saturated rings. The lowest BCUT2D eigenvalue weighted by Gasteiger charge is -2.27. The van der Waals surface area contributed by atoms with Gasteiger partial charge in [-0.25, -0.2) is 0 Å². The molecular formula is C12H19NO2S. The van der Waals surface area contributed by atoms with Crippen molar-refractivity contribution in [3.63, 3.8) is 0 Å². The van der Waals surface area contributed by atoms with Crippen molar-refractivity contribution in [1.29, 1.82) is 0 Å². The number of carboxylic acids is 1. The lowest BCUT2D eigenvalue weighted by Crippen LogP contribution is -2.31. The Kier molecular flexibility index (Phi) is 3.57. The Bertz CT molecular complexity index is 314. The molecule has 1 aliphatic carbocycles. The summed E-state index contributed by atoms with van der Waals surface area (Å²) in [4.78, 5) is 15.7. The zero-order valence-electron chi connectivity index (χ0n) is 9.85. The minimum Gasteiger partial charge on any atom is -0.481 e. The molecule has 2 rings (SSSR count). The normalized spacial score (nSPS) is 33.7. The molecule has 0 aromatic carbocycles. The Morgan fingerprint density at radius 1 is 1.56 bits per heavy atom. The van der Waals surface area contributed by atoms with Gasteiger partial charge < -0.3 is 5.11 Å². The molecule has 3 atom stereocenters. The van der Waals surface area contributed by atoms with E-state index in [-0.39, 0.29) is 5.92 Å². The molecule has 4 heteroatoms. The molecule has 16 heavy (non-hydrogen) atoms. The van der Waals surface area contributed by atoms with Gasteiger partial charge >= 0.3 is 5.97 Å². The molecule has 2 aliphatic rings. The summed E-state index contributed by atoms with van der Waals surface area (Å²) in [5.74, 6) is -0.125. The third-order valence-corrected chi connectivity index (χ3v) is 4.64. The van der Waals surface area contributed by atoms with Gasteiger partial charge in [0.1, 0.15) is 0 Å². The number of hydrogen-bond donors (Lipinski definition) is 1. The number of hydrogen-bond acceptors (Lipinski definition) is 3. The first-order valence-electron chi connectivity index (χ1n) is 6.02. The van der Waals surface area contributed by atoms with Gasteiger partial charge in [-0.15, -0.1) is 11.8 Å². The van der Waals surface area contributed by atoms with Crippen LogP contribution in [0.15, 0.2) is 4.99 Å². The smallest absolute Gasteiger partial charge is 0.306 e. The lowest BCUT2D eigenvalue weighted by atomic mass is 9.86. The van der Waals surface area contributed by atoms with E-state index in [1.807, 2.05) is 11.8 Å². The first-order valence-corrected chi connectivity index (χ1v) is 6.90. The van der Waals surface area contributed by atoms with Crippen LogP contribution in [0.4, 0.5) is 0 Å². The topological polar surface area (TPSA) is 49.7 Å². The van der Waals surface area contributed by atoms with E-state index in [4.69, 9.17) is 10.1 Å². The molecule has 0 aromatic heterocycles. The Labute approximate surface area is 101 Å². The fourth-order valence-electron chi connectivity index (χ4n) is 2.45. The predicted octanol–water partition coefficient (Wildman–Crippen LogP) is 2.80. The fourth-order valence-corrected chi connectivity index (χ4v) is 4.11. The van der Waals surface area contributed by atoms with Gasteiger partial charge in [0, 0.05) is 5.25 Å². The van der Waals surface area contributed by atoms with Crippen LogP contribution in [-0.2, 0) is 4.79 Å². The Morgan fingerprint density at radius 2 is 2.31 bits per heavy atom. The van der Waals surface area contributed by atoms with Crippen molar-refractivity contribution in [1.82, 2.24) is 0 Å². The quantitative estimate of drug-likeness (QED) is 0.826. The summed E-state index contributed by atoms with van der Waals surface area (Å²) in [6.45, 7) is 4.40. The van der Waals surface area contributed by atoms with Crippen molar-refractivity contribution in [2.75, 3.05) is 0 Å². The van der Waals surface area contributed by atoms with Crippen LogP contribution in [0.2, 0.25) is 0 Å². The van der Waals surface area contributed by atoms with Gasteiger partial charge in [0.2, 0.25) is 0 Å². The molecule has 1 aliphatic heterocycles. The van der Waals surface area contributed by atoms with Gasteiger partial charge in [0.15, 0.2) is 0 Å². The molecular weight excluding hydrogens is 222 g/mol. The second-order valence-corrected chi connectivity index (χ2v) is 6.51. The number of aliphatic carboxylic acids is 1. The highest BCUT2D eigenvalue weighted by molar-refractivity contribution is 8.14. The minimum absolute atomic E-state index is 0.137. The lowest BCUT2D eigenvalue weighted by molar-refractivity contribution is -0.142. The van der Waals surface area contributed by atoms with E-state index in [2.05, 4.69) is 13.8 Å². The van der Waals surface area contributed by atoms with E-state index in [9.17, 15) is 4.79 Å². The number of fused-ring (bicyclic) bond motifs is 1. The zero-order valence-corrected chi connectivity index (χ0v) is 10.7. The molecule has 3 nitrogen and oxygen atoms in total. The average molecular weight is 241 g/mol. The van der Waals surface area contributed by atoms with Crippen molar-refractivity contribution in [3.05, 3.63) is 0 Å². The Hall–Kier alpha value is -0.510. The number of nitrogens with zero attached hydrogens (tertiary/aromatic N) is 1. The summed E-state index contributed by atoms with van der Waals surface area (Å²) in [6, 6.07) is 0.398. The van der Waals surface area contributed by atoms with Gasteiger partial charge in [-0.1, -0.05) is 13.8 Å². The van der Waals surface area contributed by atoms with E-state index in [1.165, 1.54) is 5.04 Å². The molecule has 1 saturated carbocycles. The first kappa shape index (κ1) is 12.0. The molecule has 90 valence electrons. The van der Waals surface area contributed by atoms with Crippen molar-refractivity contribution in [3.8, 4) is 0 Å². The highest BCUT2D eigenvalue weighted by Gasteiger charge is 2.38. The number of rotatable bonds is 3. The fraction of sp³-hybridized carbons (Fsp3) is 0.833. The maximum absolute atomic E-state index is 11.0. The summed E-state index contributed by atoms with van der Waals surface area (Å²) >= 11 is 1.83. The summed E-state index contributed by atoms with van der Waals surface area (Å²) in [6.07, 6.45) is 3.61. The third-order valence-electron chi connectivity index (χ3n) is 3.29. The van der Waals surface area contributed by atoms with Crippen LogP contribution in [-0.4, -0.2) is 27.4 Å². The van der Waals surface area contributed by atoms with E-state index < -0.39 is 5.97 Å². The zero-order chi connectivity index (χ0) is 11.7. The SMILES string of the molecule is CC(C)CC1=NC2CCC(C(=O)O)CC2S1. The maximum Gasteiger partial charge on any atom is 0.306 e. The summed E-state index contributed by atoms with van der Waals surface area (Å²) < 4.78 is 0. The van der Waals surface area contributed by atoms with E-state index in [0.29, 0.717) is 17.2 Å². The van der Waals surface area contributed by atoms with Gasteiger partial charge in [-0.3, -0.25) is 9.79 Å². The van der Waals surface area contributed by atoms with Crippen LogP contribution in [0.25, 0.3) is 0 Å². The van der Waals surface area contributed by atoms with Crippen molar-refractivity contribution < 1.29 is 9.90 Å². The molecule has 1 heterocycles. The van der Waals surface area contributed by atoms with Crippen LogP contribution >= 0.6 is 11.8 Å². The van der Waals surface area contributed by atoms with Crippen LogP contribution in [0, 0.1) is 11.8 Å².